The van der Waals surface area contributed by atoms with Crippen molar-refractivity contribution in [3.8, 4) is 28.8 Å². The molecule has 0 aliphatic heterocycles. The smallest absolute Gasteiger partial charge is 0.422 e. The third-order valence-corrected chi connectivity index (χ3v) is 5.99. The van der Waals surface area contributed by atoms with Gasteiger partial charge in [0.2, 0.25) is 5.88 Å². The number of carbonyl (C=O) groups is 1. The van der Waals surface area contributed by atoms with Crippen LogP contribution in [0.25, 0.3) is 11.1 Å². The van der Waals surface area contributed by atoms with Gasteiger partial charge in [-0.25, -0.2) is 4.79 Å². The fourth-order valence-electron chi connectivity index (χ4n) is 3.98. The predicted molar refractivity (Wildman–Crippen MR) is 140 cm³/mol. The second-order valence-corrected chi connectivity index (χ2v) is 8.69. The van der Waals surface area contributed by atoms with Gasteiger partial charge in [-0.3, -0.25) is 18.7 Å². The van der Waals surface area contributed by atoms with Crippen molar-refractivity contribution < 1.29 is 27.4 Å². The lowest BCUT2D eigenvalue weighted by Crippen LogP contribution is -2.42. The van der Waals surface area contributed by atoms with E-state index >= 15 is 0 Å². The van der Waals surface area contributed by atoms with Gasteiger partial charge in [0.05, 0.1) is 37.9 Å². The molecule has 0 atom stereocenters. The fourth-order valence-corrected chi connectivity index (χ4v) is 3.98. The largest absolute Gasteiger partial charge is 0.497 e. The van der Waals surface area contributed by atoms with E-state index in [4.69, 9.17) is 9.47 Å². The number of methoxy groups -OCH3 is 1. The van der Waals surface area contributed by atoms with Crippen LogP contribution in [-0.2, 0) is 13.1 Å². The van der Waals surface area contributed by atoms with Crippen LogP contribution in [-0.4, -0.2) is 34.8 Å². The molecule has 0 unspecified atom stereocenters. The van der Waals surface area contributed by atoms with Crippen LogP contribution in [0.1, 0.15) is 21.5 Å². The molecule has 204 valence electrons. The van der Waals surface area contributed by atoms with E-state index < -0.39 is 42.2 Å². The number of alkyl halides is 3. The van der Waals surface area contributed by atoms with Crippen LogP contribution in [0.3, 0.4) is 0 Å². The first-order chi connectivity index (χ1) is 19.1. The number of nitriles is 1. The minimum Gasteiger partial charge on any atom is -0.497 e. The zero-order valence-electron chi connectivity index (χ0n) is 21.1. The highest BCUT2D eigenvalue weighted by atomic mass is 19.4. The zero-order chi connectivity index (χ0) is 28.9. The van der Waals surface area contributed by atoms with Gasteiger partial charge in [-0.2, -0.15) is 18.4 Å². The summed E-state index contributed by atoms with van der Waals surface area (Å²) in [6.45, 7) is -2.60. The monoisotopic (exact) mass is 549 g/mol. The number of hydrogen-bond donors (Lipinski definition) is 0. The minimum absolute atomic E-state index is 0.212. The van der Waals surface area contributed by atoms with E-state index in [1.54, 1.807) is 60.7 Å². The van der Waals surface area contributed by atoms with Crippen LogP contribution in [0.5, 0.6) is 11.6 Å². The van der Waals surface area contributed by atoms with Crippen molar-refractivity contribution >= 4 is 5.78 Å². The summed E-state index contributed by atoms with van der Waals surface area (Å²) in [7, 11) is 1.46. The first-order valence-corrected chi connectivity index (χ1v) is 11.9. The average molecular weight is 550 g/mol. The molecule has 3 aromatic carbocycles. The average Bonchev–Trinajstić information content (AvgIpc) is 2.95. The van der Waals surface area contributed by atoms with Crippen molar-refractivity contribution in [2.75, 3.05) is 13.7 Å². The number of halogens is 3. The number of nitrogens with zero attached hydrogens (tertiary/aromatic N) is 3. The number of carbonyl (C=O) groups excluding carboxylic acids is 1. The van der Waals surface area contributed by atoms with E-state index in [0.29, 0.717) is 27.0 Å². The second kappa shape index (κ2) is 11.7. The van der Waals surface area contributed by atoms with Crippen LogP contribution in [0.4, 0.5) is 13.2 Å². The number of hydrogen-bond acceptors (Lipinski definition) is 6. The molecule has 1 heterocycles. The molecule has 4 rings (SSSR count). The topological polar surface area (TPSA) is 103 Å². The summed E-state index contributed by atoms with van der Waals surface area (Å²) in [5.74, 6) is -0.637. The van der Waals surface area contributed by atoms with E-state index in [9.17, 15) is 32.8 Å². The Morgan fingerprint density at radius 2 is 1.62 bits per heavy atom. The lowest BCUT2D eigenvalue weighted by molar-refractivity contribution is -0.154. The molecule has 40 heavy (non-hydrogen) atoms. The number of aromatic nitrogens is 2. The Labute approximate surface area is 226 Å². The number of ether oxygens (including phenoxy) is 2. The Hall–Kier alpha value is -5.11. The molecule has 0 bridgehead atoms. The molecule has 0 fully saturated rings. The van der Waals surface area contributed by atoms with Crippen LogP contribution >= 0.6 is 0 Å². The molecule has 11 heteroatoms. The van der Waals surface area contributed by atoms with E-state index in [1.807, 2.05) is 0 Å². The number of Topliss-reactive ketones (excluding diaryl/α,β-unsaturated/α-hetero) is 1. The standard InChI is InChI=1S/C29H22F3N3O5/c1-39-23-12-10-21(11-13-23)25(36)17-34-26(37)14-27(40-18-29(30,31)32)35(28(34)38)16-19-6-8-20(9-7-19)24-5-3-2-4-22(24)15-33/h2-14H,16-18H2,1H3. The molecule has 1 aromatic heterocycles. The fraction of sp³-hybridized carbons (Fsp3) is 0.172. The minimum atomic E-state index is -4.71. The summed E-state index contributed by atoms with van der Waals surface area (Å²) in [4.78, 5) is 38.8. The van der Waals surface area contributed by atoms with E-state index in [-0.39, 0.29) is 12.1 Å². The molecule has 0 aliphatic rings. The van der Waals surface area contributed by atoms with Crippen molar-refractivity contribution in [1.29, 1.82) is 5.26 Å². The highest BCUT2D eigenvalue weighted by Crippen LogP contribution is 2.24. The third-order valence-electron chi connectivity index (χ3n) is 5.99. The lowest BCUT2D eigenvalue weighted by atomic mass is 9.99. The summed E-state index contributed by atoms with van der Waals surface area (Å²) in [5, 5.41) is 9.37. The molecule has 8 nitrogen and oxygen atoms in total. The van der Waals surface area contributed by atoms with Crippen LogP contribution in [0, 0.1) is 11.3 Å². The molecule has 0 saturated heterocycles. The Bertz CT molecular complexity index is 1680. The molecule has 4 aromatic rings. The van der Waals surface area contributed by atoms with Crippen molar-refractivity contribution in [2.45, 2.75) is 19.3 Å². The van der Waals surface area contributed by atoms with E-state index in [1.165, 1.54) is 19.2 Å². The van der Waals surface area contributed by atoms with Gasteiger partial charge in [0, 0.05) is 5.56 Å². The predicted octanol–water partition coefficient (Wildman–Crippen LogP) is 4.43. The zero-order valence-corrected chi connectivity index (χ0v) is 21.1. The Balaban J connectivity index is 1.69. The Morgan fingerprint density at radius 3 is 2.25 bits per heavy atom. The molecule has 0 aliphatic carbocycles. The first kappa shape index (κ1) is 27.9. The number of ketones is 1. The van der Waals surface area contributed by atoms with E-state index in [0.717, 1.165) is 16.2 Å². The first-order valence-electron chi connectivity index (χ1n) is 11.9. The molecular formula is C29H22F3N3O5. The van der Waals surface area contributed by atoms with Crippen LogP contribution in [0.2, 0.25) is 0 Å². The van der Waals surface area contributed by atoms with Crippen molar-refractivity contribution in [1.82, 2.24) is 9.13 Å². The molecule has 0 radical (unpaired) electrons. The SMILES string of the molecule is COc1ccc(C(=O)Cn2c(=O)cc(OCC(F)(F)F)n(Cc3ccc(-c4ccccc4C#N)cc3)c2=O)cc1. The number of rotatable bonds is 9. The van der Waals surface area contributed by atoms with Gasteiger partial charge in [0.1, 0.15) is 5.75 Å². The summed E-state index contributed by atoms with van der Waals surface area (Å²) < 4.78 is 50.1. The highest BCUT2D eigenvalue weighted by molar-refractivity contribution is 5.96. The van der Waals surface area contributed by atoms with Crippen molar-refractivity contribution in [3.63, 3.8) is 0 Å². The molecule has 0 N–H and O–H groups in total. The van der Waals surface area contributed by atoms with Crippen molar-refractivity contribution in [3.05, 3.63) is 116 Å². The van der Waals surface area contributed by atoms with Gasteiger partial charge in [-0.05, 0) is 47.0 Å². The van der Waals surface area contributed by atoms with Gasteiger partial charge in [-0.1, -0.05) is 42.5 Å². The van der Waals surface area contributed by atoms with Crippen molar-refractivity contribution in [2.24, 2.45) is 0 Å². The quantitative estimate of drug-likeness (QED) is 0.286. The second-order valence-electron chi connectivity index (χ2n) is 8.69. The molecule has 0 amide bonds. The normalized spacial score (nSPS) is 11.1. The summed E-state index contributed by atoms with van der Waals surface area (Å²) in [6, 6.07) is 22.5. The van der Waals surface area contributed by atoms with Gasteiger partial charge in [0.25, 0.3) is 5.56 Å². The van der Waals surface area contributed by atoms with Gasteiger partial charge in [0.15, 0.2) is 12.4 Å². The Kier molecular flexibility index (Phi) is 8.19. The lowest BCUT2D eigenvalue weighted by Gasteiger charge is -2.17. The van der Waals surface area contributed by atoms with Gasteiger partial charge >= 0.3 is 11.9 Å². The van der Waals surface area contributed by atoms with Gasteiger partial charge < -0.3 is 9.47 Å². The van der Waals surface area contributed by atoms with Gasteiger partial charge in [-0.15, -0.1) is 0 Å². The van der Waals surface area contributed by atoms with E-state index in [2.05, 4.69) is 6.07 Å². The summed E-state index contributed by atoms with van der Waals surface area (Å²) in [6.07, 6.45) is -4.71. The maximum atomic E-state index is 13.3. The highest BCUT2D eigenvalue weighted by Gasteiger charge is 2.29. The Morgan fingerprint density at radius 1 is 0.950 bits per heavy atom. The third kappa shape index (κ3) is 6.47. The molecule has 0 saturated carbocycles. The molecule has 0 spiro atoms. The van der Waals surface area contributed by atoms with Crippen LogP contribution < -0.4 is 20.7 Å². The number of benzene rings is 3. The molecular weight excluding hydrogens is 527 g/mol. The maximum Gasteiger partial charge on any atom is 0.422 e. The maximum absolute atomic E-state index is 13.3. The van der Waals surface area contributed by atoms with Crippen LogP contribution in [0.15, 0.2) is 88.5 Å². The summed E-state index contributed by atoms with van der Waals surface area (Å²) >= 11 is 0. The summed E-state index contributed by atoms with van der Waals surface area (Å²) in [5.41, 5.74) is 0.593.